The van der Waals surface area contributed by atoms with E-state index < -0.39 is 11.6 Å². The van der Waals surface area contributed by atoms with Crippen molar-refractivity contribution in [1.29, 1.82) is 0 Å². The van der Waals surface area contributed by atoms with Crippen molar-refractivity contribution in [3.63, 3.8) is 0 Å². The van der Waals surface area contributed by atoms with Crippen molar-refractivity contribution in [3.05, 3.63) is 46.8 Å². The van der Waals surface area contributed by atoms with Gasteiger partial charge in [-0.05, 0) is 38.1 Å². The van der Waals surface area contributed by atoms with Gasteiger partial charge in [0.2, 0.25) is 0 Å². The maximum absolute atomic E-state index is 11.9. The Morgan fingerprint density at radius 1 is 1.42 bits per heavy atom. The normalized spacial score (nSPS) is 10.8. The highest BCUT2D eigenvalue weighted by Crippen LogP contribution is 2.21. The molecule has 0 atom stereocenters. The third-order valence-electron chi connectivity index (χ3n) is 2.66. The summed E-state index contributed by atoms with van der Waals surface area (Å²) in [6.07, 6.45) is 0. The fourth-order valence-corrected chi connectivity index (χ4v) is 1.35. The van der Waals surface area contributed by atoms with Crippen LogP contribution in [0.4, 0.5) is 10.5 Å². The van der Waals surface area contributed by atoms with Gasteiger partial charge in [0, 0.05) is 10.7 Å². The average molecular weight is 285 g/mol. The van der Waals surface area contributed by atoms with Crippen molar-refractivity contribution in [3.8, 4) is 0 Å². The predicted molar refractivity (Wildman–Crippen MR) is 73.8 cm³/mol. The van der Waals surface area contributed by atoms with E-state index in [4.69, 9.17) is 16.8 Å². The van der Waals surface area contributed by atoms with E-state index in [0.717, 1.165) is 0 Å². The van der Waals surface area contributed by atoms with Crippen LogP contribution in [0, 0.1) is 5.21 Å². The molecule has 104 valence electrons. The number of urea groups is 1. The zero-order valence-corrected chi connectivity index (χ0v) is 11.4. The molecule has 0 aliphatic rings. The topological polar surface area (TPSA) is 87.7 Å². The molecule has 6 nitrogen and oxygen atoms in total. The van der Waals surface area contributed by atoms with E-state index in [9.17, 15) is 10.0 Å². The van der Waals surface area contributed by atoms with Gasteiger partial charge in [-0.3, -0.25) is 10.7 Å². The molecule has 0 aliphatic heterocycles. The summed E-state index contributed by atoms with van der Waals surface area (Å²) < 4.78 is 0. The summed E-state index contributed by atoms with van der Waals surface area (Å²) in [5, 5.41) is 23.8. The van der Waals surface area contributed by atoms with Crippen LogP contribution in [0.1, 0.15) is 13.8 Å². The van der Waals surface area contributed by atoms with Crippen molar-refractivity contribution in [2.45, 2.75) is 19.4 Å². The highest BCUT2D eigenvalue weighted by Gasteiger charge is 2.27. The SMILES string of the molecule is C=C(NO)C(C)(C)N([O-])C(=O)Nc1ccc(Cl)cc1. The average Bonchev–Trinajstić information content (AvgIpc) is 2.39. The van der Waals surface area contributed by atoms with Gasteiger partial charge in [0.05, 0.1) is 11.2 Å². The van der Waals surface area contributed by atoms with Crippen molar-refractivity contribution in [1.82, 2.24) is 10.5 Å². The molecule has 1 rings (SSSR count). The number of hydrogen-bond acceptors (Lipinski definition) is 4. The standard InChI is InChI=1S/C12H15ClN3O3/c1-8(15-18)12(2,3)16(19)11(17)14-10-6-4-9(13)5-7-10/h4-7,15,18H,1H2,2-3H3,(H,14,17)/q-1. The van der Waals surface area contributed by atoms with Crippen molar-refractivity contribution in [2.24, 2.45) is 0 Å². The lowest BCUT2D eigenvalue weighted by Crippen LogP contribution is -2.49. The smallest absolute Gasteiger partial charge is 0.311 e. The molecule has 0 saturated carbocycles. The maximum atomic E-state index is 11.9. The molecule has 19 heavy (non-hydrogen) atoms. The number of nitrogens with zero attached hydrogens (tertiary/aromatic N) is 1. The summed E-state index contributed by atoms with van der Waals surface area (Å²) in [6.45, 7) is 6.37. The van der Waals surface area contributed by atoms with Crippen LogP contribution in [-0.2, 0) is 0 Å². The first kappa shape index (κ1) is 15.3. The summed E-state index contributed by atoms with van der Waals surface area (Å²) in [6, 6.07) is 5.45. The van der Waals surface area contributed by atoms with Gasteiger partial charge in [-0.2, -0.15) is 0 Å². The van der Waals surface area contributed by atoms with Crippen LogP contribution >= 0.6 is 11.6 Å². The Morgan fingerprint density at radius 2 is 1.95 bits per heavy atom. The number of halogens is 1. The fraction of sp³-hybridized carbons (Fsp3) is 0.250. The molecule has 0 spiro atoms. The number of carbonyl (C=O) groups excluding carboxylic acids is 1. The zero-order valence-electron chi connectivity index (χ0n) is 10.6. The third-order valence-corrected chi connectivity index (χ3v) is 2.91. The lowest BCUT2D eigenvalue weighted by Gasteiger charge is -2.44. The monoisotopic (exact) mass is 284 g/mol. The first-order valence-corrected chi connectivity index (χ1v) is 5.80. The van der Waals surface area contributed by atoms with Crippen molar-refractivity contribution >= 4 is 23.3 Å². The van der Waals surface area contributed by atoms with E-state index in [1.165, 1.54) is 13.8 Å². The van der Waals surface area contributed by atoms with Crippen LogP contribution in [0.5, 0.6) is 0 Å². The minimum absolute atomic E-state index is 0.00811. The molecule has 3 N–H and O–H groups in total. The molecule has 1 aromatic carbocycles. The second-order valence-electron chi connectivity index (χ2n) is 4.38. The number of hydrogen-bond donors (Lipinski definition) is 3. The number of nitrogens with one attached hydrogen (secondary N) is 2. The summed E-state index contributed by atoms with van der Waals surface area (Å²) in [5.41, 5.74) is 0.925. The van der Waals surface area contributed by atoms with Gasteiger partial charge in [-0.15, -0.1) is 0 Å². The maximum Gasteiger partial charge on any atom is 0.311 e. The molecule has 0 aromatic heterocycles. The van der Waals surface area contributed by atoms with Crippen LogP contribution in [0.15, 0.2) is 36.5 Å². The molecule has 1 aromatic rings. The van der Waals surface area contributed by atoms with Crippen LogP contribution in [-0.4, -0.2) is 21.8 Å². The minimum atomic E-state index is -1.30. The molecule has 2 amide bonds. The molecule has 0 saturated heterocycles. The minimum Gasteiger partial charge on any atom is -0.754 e. The predicted octanol–water partition coefficient (Wildman–Crippen LogP) is 2.94. The van der Waals surface area contributed by atoms with E-state index in [-0.39, 0.29) is 10.8 Å². The number of hydroxylamine groups is 3. The zero-order chi connectivity index (χ0) is 14.6. The van der Waals surface area contributed by atoms with Gasteiger partial charge in [0.1, 0.15) is 0 Å². The highest BCUT2D eigenvalue weighted by molar-refractivity contribution is 6.30. The molecule has 0 bridgehead atoms. The highest BCUT2D eigenvalue weighted by atomic mass is 35.5. The quantitative estimate of drug-likeness (QED) is 0.742. The number of benzene rings is 1. The first-order chi connectivity index (χ1) is 8.78. The van der Waals surface area contributed by atoms with E-state index in [2.05, 4.69) is 11.9 Å². The van der Waals surface area contributed by atoms with Crippen molar-refractivity contribution in [2.75, 3.05) is 5.32 Å². The number of rotatable bonds is 4. The molecule has 0 heterocycles. The second-order valence-corrected chi connectivity index (χ2v) is 4.82. The lowest BCUT2D eigenvalue weighted by atomic mass is 10.0. The van der Waals surface area contributed by atoms with Gasteiger partial charge in [0.15, 0.2) is 0 Å². The Morgan fingerprint density at radius 3 is 2.42 bits per heavy atom. The van der Waals surface area contributed by atoms with Crippen LogP contribution in [0.3, 0.4) is 0 Å². The molecule has 0 fully saturated rings. The summed E-state index contributed by atoms with van der Waals surface area (Å²) in [4.78, 5) is 11.8. The largest absolute Gasteiger partial charge is 0.754 e. The fourth-order valence-electron chi connectivity index (χ4n) is 1.22. The summed E-state index contributed by atoms with van der Waals surface area (Å²) >= 11 is 5.71. The Bertz CT molecular complexity index is 474. The van der Waals surface area contributed by atoms with Crippen LogP contribution in [0.25, 0.3) is 0 Å². The second kappa shape index (κ2) is 5.92. The lowest BCUT2D eigenvalue weighted by molar-refractivity contribution is 0.146. The molecule has 0 aliphatic carbocycles. The van der Waals surface area contributed by atoms with E-state index >= 15 is 0 Å². The molecular weight excluding hydrogens is 270 g/mol. The van der Waals surface area contributed by atoms with Crippen molar-refractivity contribution < 1.29 is 10.0 Å². The number of carbonyl (C=O) groups is 1. The van der Waals surface area contributed by atoms with Gasteiger partial charge in [-0.25, -0.2) is 4.79 Å². The van der Waals surface area contributed by atoms with Gasteiger partial charge < -0.3 is 15.6 Å². The Balaban J connectivity index is 2.78. The van der Waals surface area contributed by atoms with Crippen LogP contribution < -0.4 is 10.8 Å². The molecular formula is C12H15ClN3O3-. The molecule has 7 heteroatoms. The van der Waals surface area contributed by atoms with E-state index in [1.807, 2.05) is 0 Å². The summed E-state index contributed by atoms with van der Waals surface area (Å²) in [5.74, 6) is 0. The van der Waals surface area contributed by atoms with E-state index in [1.54, 1.807) is 29.7 Å². The Hall–Kier alpha value is -1.76. The van der Waals surface area contributed by atoms with E-state index in [0.29, 0.717) is 10.7 Å². The number of anilines is 1. The number of amides is 2. The van der Waals surface area contributed by atoms with Gasteiger partial charge in [0.25, 0.3) is 0 Å². The summed E-state index contributed by atoms with van der Waals surface area (Å²) in [7, 11) is 0. The van der Waals surface area contributed by atoms with Gasteiger partial charge in [-0.1, -0.05) is 18.2 Å². The van der Waals surface area contributed by atoms with Gasteiger partial charge >= 0.3 is 6.03 Å². The first-order valence-electron chi connectivity index (χ1n) is 5.42. The molecule has 0 unspecified atom stereocenters. The Labute approximate surface area is 116 Å². The third kappa shape index (κ3) is 3.60. The Kier molecular flexibility index (Phi) is 4.77. The molecule has 0 radical (unpaired) electrons. The van der Waals surface area contributed by atoms with Crippen LogP contribution in [0.2, 0.25) is 5.02 Å².